The molecule has 2 atom stereocenters. The van der Waals surface area contributed by atoms with Gasteiger partial charge in [0.2, 0.25) is 0 Å². The summed E-state index contributed by atoms with van der Waals surface area (Å²) < 4.78 is 6.49. The first-order valence-electron chi connectivity index (χ1n) is 11.0. The number of aliphatic hydroxyl groups is 2. The zero-order valence-electron chi connectivity index (χ0n) is 18.0. The van der Waals surface area contributed by atoms with E-state index < -0.39 is 18.3 Å². The first-order valence-corrected chi connectivity index (χ1v) is 11.9. The molecule has 5 nitrogen and oxygen atoms in total. The van der Waals surface area contributed by atoms with Crippen LogP contribution in [0.1, 0.15) is 35.1 Å². The van der Waals surface area contributed by atoms with Crippen LogP contribution in [0.4, 0.5) is 4.79 Å². The Hall–Kier alpha value is -3.19. The molecule has 0 saturated carbocycles. The molecule has 1 aliphatic rings. The Morgan fingerprint density at radius 1 is 0.939 bits per heavy atom. The number of hydrogen-bond acceptors (Lipinski definition) is 5. The van der Waals surface area contributed by atoms with Crippen molar-refractivity contribution >= 4 is 27.5 Å². The van der Waals surface area contributed by atoms with Crippen LogP contribution in [0.3, 0.4) is 0 Å². The summed E-state index contributed by atoms with van der Waals surface area (Å²) in [5, 5.41) is 26.8. The van der Waals surface area contributed by atoms with E-state index in [-0.39, 0.29) is 25.5 Å². The van der Waals surface area contributed by atoms with Crippen molar-refractivity contribution < 1.29 is 19.7 Å². The van der Waals surface area contributed by atoms with Gasteiger partial charge in [0.1, 0.15) is 12.7 Å². The fourth-order valence-electron chi connectivity index (χ4n) is 4.59. The molecule has 3 aromatic carbocycles. The molecule has 168 valence electrons. The van der Waals surface area contributed by atoms with Gasteiger partial charge in [-0.25, -0.2) is 4.79 Å². The molecule has 1 amide bonds. The van der Waals surface area contributed by atoms with Crippen molar-refractivity contribution in [2.45, 2.75) is 24.5 Å². The molecule has 0 bridgehead atoms. The standard InChI is InChI=1S/C27H25NO4S/c29-24(25(30)22-11-5-6-17-13-15-33-26(17)22)12-14-28-27(31)32-16-23-20-9-3-1-7-18(20)19-8-2-4-10-21(19)23/h1-11,13,15,23-25,29-30H,12,14,16H2,(H,28,31). The molecule has 0 radical (unpaired) electrons. The number of alkyl carbamates (subject to hydrolysis) is 1. The number of thiophene rings is 1. The Kier molecular flexibility index (Phi) is 6.13. The molecule has 6 heteroatoms. The lowest BCUT2D eigenvalue weighted by molar-refractivity contribution is 0.0146. The molecule has 33 heavy (non-hydrogen) atoms. The highest BCUT2D eigenvalue weighted by atomic mass is 32.1. The fraction of sp³-hybridized carbons (Fsp3) is 0.222. The summed E-state index contributed by atoms with van der Waals surface area (Å²) in [6.45, 7) is 0.445. The molecular weight excluding hydrogens is 434 g/mol. The minimum absolute atomic E-state index is 0.00171. The first-order chi connectivity index (χ1) is 16.1. The van der Waals surface area contributed by atoms with Crippen LogP contribution in [0.2, 0.25) is 0 Å². The van der Waals surface area contributed by atoms with E-state index in [0.717, 1.165) is 21.2 Å². The highest BCUT2D eigenvalue weighted by molar-refractivity contribution is 7.17. The Morgan fingerprint density at radius 2 is 1.64 bits per heavy atom. The van der Waals surface area contributed by atoms with E-state index in [1.807, 2.05) is 53.9 Å². The predicted octanol–water partition coefficient (Wildman–Crippen LogP) is 5.22. The summed E-state index contributed by atoms with van der Waals surface area (Å²) in [7, 11) is 0. The second-order valence-corrected chi connectivity index (χ2v) is 9.16. The number of rotatable bonds is 7. The Morgan fingerprint density at radius 3 is 2.36 bits per heavy atom. The number of benzene rings is 3. The minimum Gasteiger partial charge on any atom is -0.449 e. The summed E-state index contributed by atoms with van der Waals surface area (Å²) >= 11 is 1.54. The Labute approximate surface area is 196 Å². The molecule has 1 aliphatic carbocycles. The average Bonchev–Trinajstić information content (AvgIpc) is 3.45. The lowest BCUT2D eigenvalue weighted by Crippen LogP contribution is -2.30. The van der Waals surface area contributed by atoms with E-state index in [1.54, 1.807) is 0 Å². The van der Waals surface area contributed by atoms with Gasteiger partial charge in [-0.05, 0) is 45.5 Å². The Bertz CT molecular complexity index is 1240. The van der Waals surface area contributed by atoms with Crippen molar-refractivity contribution in [2.24, 2.45) is 0 Å². The van der Waals surface area contributed by atoms with Gasteiger partial charge < -0.3 is 20.3 Å². The van der Waals surface area contributed by atoms with Crippen molar-refractivity contribution in [2.75, 3.05) is 13.2 Å². The van der Waals surface area contributed by atoms with Gasteiger partial charge in [-0.2, -0.15) is 0 Å². The third-order valence-electron chi connectivity index (χ3n) is 6.25. The zero-order valence-corrected chi connectivity index (χ0v) is 18.8. The number of amides is 1. The van der Waals surface area contributed by atoms with Crippen LogP contribution in [0, 0.1) is 0 Å². The van der Waals surface area contributed by atoms with Gasteiger partial charge in [0.05, 0.1) is 6.10 Å². The van der Waals surface area contributed by atoms with Crippen molar-refractivity contribution in [3.8, 4) is 11.1 Å². The van der Waals surface area contributed by atoms with Crippen LogP contribution in [-0.4, -0.2) is 35.6 Å². The molecule has 2 unspecified atom stereocenters. The van der Waals surface area contributed by atoms with Crippen LogP contribution in [0.25, 0.3) is 21.2 Å². The van der Waals surface area contributed by atoms with E-state index >= 15 is 0 Å². The number of nitrogens with one attached hydrogen (secondary N) is 1. The monoisotopic (exact) mass is 459 g/mol. The molecule has 3 N–H and O–H groups in total. The predicted molar refractivity (Wildman–Crippen MR) is 130 cm³/mol. The molecule has 4 aromatic rings. The van der Waals surface area contributed by atoms with Crippen LogP contribution in [0.5, 0.6) is 0 Å². The third-order valence-corrected chi connectivity index (χ3v) is 7.22. The van der Waals surface area contributed by atoms with Gasteiger partial charge in [-0.1, -0.05) is 66.7 Å². The summed E-state index contributed by atoms with van der Waals surface area (Å²) in [4.78, 5) is 12.3. The molecule has 1 heterocycles. The van der Waals surface area contributed by atoms with E-state index in [1.165, 1.54) is 22.5 Å². The van der Waals surface area contributed by atoms with E-state index in [2.05, 4.69) is 29.6 Å². The zero-order chi connectivity index (χ0) is 22.8. The maximum Gasteiger partial charge on any atom is 0.407 e. The quantitative estimate of drug-likeness (QED) is 0.354. The van der Waals surface area contributed by atoms with Crippen molar-refractivity contribution in [3.63, 3.8) is 0 Å². The van der Waals surface area contributed by atoms with Crippen molar-refractivity contribution in [1.82, 2.24) is 5.32 Å². The maximum atomic E-state index is 12.3. The lowest BCUT2D eigenvalue weighted by Gasteiger charge is -2.19. The molecule has 0 fully saturated rings. The van der Waals surface area contributed by atoms with E-state index in [4.69, 9.17) is 4.74 Å². The molecular formula is C27H25NO4S. The summed E-state index contributed by atoms with van der Waals surface area (Å²) in [5.41, 5.74) is 5.39. The lowest BCUT2D eigenvalue weighted by atomic mass is 9.98. The second kappa shape index (κ2) is 9.35. The summed E-state index contributed by atoms with van der Waals surface area (Å²) in [5.74, 6) is 0.00171. The Balaban J connectivity index is 1.15. The largest absolute Gasteiger partial charge is 0.449 e. The minimum atomic E-state index is -1.02. The van der Waals surface area contributed by atoms with Gasteiger partial charge >= 0.3 is 6.09 Å². The first kappa shape index (κ1) is 21.6. The molecule has 0 aliphatic heterocycles. The summed E-state index contributed by atoms with van der Waals surface area (Å²) in [6, 6.07) is 24.0. The van der Waals surface area contributed by atoms with Gasteiger partial charge in [0, 0.05) is 22.7 Å². The van der Waals surface area contributed by atoms with Crippen LogP contribution in [0.15, 0.2) is 78.2 Å². The van der Waals surface area contributed by atoms with Gasteiger partial charge in [-0.15, -0.1) is 11.3 Å². The number of ether oxygens (including phenoxy) is 1. The van der Waals surface area contributed by atoms with Crippen molar-refractivity contribution in [1.29, 1.82) is 0 Å². The molecule has 0 saturated heterocycles. The summed E-state index contributed by atoms with van der Waals surface area (Å²) in [6.07, 6.45) is -2.32. The maximum absolute atomic E-state index is 12.3. The SMILES string of the molecule is O=C(NCCC(O)C(O)c1cccc2ccsc12)OCC1c2ccccc2-c2ccccc21. The highest BCUT2D eigenvalue weighted by Gasteiger charge is 2.29. The molecule has 5 rings (SSSR count). The molecule has 1 aromatic heterocycles. The van der Waals surface area contributed by atoms with E-state index in [9.17, 15) is 15.0 Å². The van der Waals surface area contributed by atoms with Gasteiger partial charge in [0.25, 0.3) is 0 Å². The van der Waals surface area contributed by atoms with E-state index in [0.29, 0.717) is 5.56 Å². The fourth-order valence-corrected chi connectivity index (χ4v) is 5.53. The number of fused-ring (bicyclic) bond motifs is 4. The van der Waals surface area contributed by atoms with Gasteiger partial charge in [-0.3, -0.25) is 0 Å². The smallest absolute Gasteiger partial charge is 0.407 e. The number of aliphatic hydroxyl groups excluding tert-OH is 2. The number of hydrogen-bond donors (Lipinski definition) is 3. The van der Waals surface area contributed by atoms with Crippen LogP contribution in [-0.2, 0) is 4.74 Å². The number of carbonyl (C=O) groups excluding carboxylic acids is 1. The van der Waals surface area contributed by atoms with Gasteiger partial charge in [0.15, 0.2) is 0 Å². The highest BCUT2D eigenvalue weighted by Crippen LogP contribution is 2.44. The van der Waals surface area contributed by atoms with Crippen molar-refractivity contribution in [3.05, 3.63) is 94.9 Å². The van der Waals surface area contributed by atoms with Crippen LogP contribution < -0.4 is 5.32 Å². The van der Waals surface area contributed by atoms with Crippen LogP contribution >= 0.6 is 11.3 Å². The topological polar surface area (TPSA) is 78.8 Å². The number of carbonyl (C=O) groups is 1. The molecule has 0 spiro atoms. The normalized spacial score (nSPS) is 14.5. The second-order valence-electron chi connectivity index (χ2n) is 8.24. The average molecular weight is 460 g/mol. The third kappa shape index (κ3) is 4.25.